The van der Waals surface area contributed by atoms with Crippen molar-refractivity contribution in [2.24, 2.45) is 5.92 Å². The Balaban J connectivity index is 1.67. The lowest BCUT2D eigenvalue weighted by atomic mass is 9.96. The first-order valence-electron chi connectivity index (χ1n) is 6.68. The quantitative estimate of drug-likeness (QED) is 0.808. The molecule has 2 aliphatic rings. The fourth-order valence-electron chi connectivity index (χ4n) is 2.32. The molecule has 2 rings (SSSR count). The van der Waals surface area contributed by atoms with Gasteiger partial charge in [-0.25, -0.2) is 0 Å². The van der Waals surface area contributed by atoms with E-state index >= 15 is 0 Å². The molecule has 4 nitrogen and oxygen atoms in total. The summed E-state index contributed by atoms with van der Waals surface area (Å²) in [5.74, 6) is 0.159. The van der Waals surface area contributed by atoms with Gasteiger partial charge in [-0.05, 0) is 13.3 Å². The van der Waals surface area contributed by atoms with E-state index in [9.17, 15) is 4.79 Å². The lowest BCUT2D eigenvalue weighted by Crippen LogP contribution is -2.42. The van der Waals surface area contributed by atoms with Gasteiger partial charge < -0.3 is 10.1 Å². The van der Waals surface area contributed by atoms with Crippen molar-refractivity contribution < 1.29 is 9.53 Å². The molecule has 100 valence electrons. The molecule has 0 radical (unpaired) electrons. The summed E-state index contributed by atoms with van der Waals surface area (Å²) < 4.78 is 5.29. The van der Waals surface area contributed by atoms with Crippen LogP contribution in [0.5, 0.6) is 0 Å². The second-order valence-electron chi connectivity index (χ2n) is 4.90. The van der Waals surface area contributed by atoms with Crippen LogP contribution in [0.4, 0.5) is 0 Å². The highest BCUT2D eigenvalue weighted by atomic mass is 16.5. The highest BCUT2D eigenvalue weighted by Crippen LogP contribution is 2.16. The van der Waals surface area contributed by atoms with Gasteiger partial charge in [-0.1, -0.05) is 23.8 Å². The number of carbonyl (C=O) groups excluding carboxylic acids is 1. The van der Waals surface area contributed by atoms with Crippen molar-refractivity contribution in [1.29, 1.82) is 0 Å². The van der Waals surface area contributed by atoms with Crippen LogP contribution in [0.1, 0.15) is 13.3 Å². The predicted octanol–water partition coefficient (Wildman–Crippen LogP) is 0.957. The fourth-order valence-corrected chi connectivity index (χ4v) is 2.32. The molecule has 1 saturated heterocycles. The molecule has 18 heavy (non-hydrogen) atoms. The SMILES string of the molecule is CC1=C[C@@H](C(=O)NCCN2CCOCC2)CC=C1. The van der Waals surface area contributed by atoms with Crippen molar-refractivity contribution >= 4 is 5.91 Å². The molecule has 0 aromatic rings. The Bertz CT molecular complexity index is 344. The Labute approximate surface area is 109 Å². The van der Waals surface area contributed by atoms with Crippen molar-refractivity contribution in [2.75, 3.05) is 39.4 Å². The largest absolute Gasteiger partial charge is 0.379 e. The number of hydrogen-bond donors (Lipinski definition) is 1. The maximum Gasteiger partial charge on any atom is 0.227 e. The number of allylic oxidation sites excluding steroid dienone is 3. The van der Waals surface area contributed by atoms with Crippen molar-refractivity contribution in [2.45, 2.75) is 13.3 Å². The van der Waals surface area contributed by atoms with E-state index in [1.165, 1.54) is 5.57 Å². The summed E-state index contributed by atoms with van der Waals surface area (Å²) in [7, 11) is 0. The highest BCUT2D eigenvalue weighted by molar-refractivity contribution is 5.81. The maximum atomic E-state index is 12.0. The van der Waals surface area contributed by atoms with Crippen molar-refractivity contribution in [3.63, 3.8) is 0 Å². The summed E-state index contributed by atoms with van der Waals surface area (Å²) in [5.41, 5.74) is 1.18. The van der Waals surface area contributed by atoms with Crippen molar-refractivity contribution in [3.05, 3.63) is 23.8 Å². The van der Waals surface area contributed by atoms with Crippen LogP contribution in [-0.4, -0.2) is 50.2 Å². The van der Waals surface area contributed by atoms with Crippen molar-refractivity contribution in [3.8, 4) is 0 Å². The van der Waals surface area contributed by atoms with Gasteiger partial charge in [-0.3, -0.25) is 9.69 Å². The van der Waals surface area contributed by atoms with Gasteiger partial charge in [0, 0.05) is 26.2 Å². The third-order valence-corrected chi connectivity index (χ3v) is 3.40. The molecule has 0 spiro atoms. The number of ether oxygens (including phenoxy) is 1. The summed E-state index contributed by atoms with van der Waals surface area (Å²) >= 11 is 0. The third kappa shape index (κ3) is 3.96. The second kappa shape index (κ2) is 6.71. The molecule has 1 amide bonds. The van der Waals surface area contributed by atoms with Gasteiger partial charge in [0.15, 0.2) is 0 Å². The van der Waals surface area contributed by atoms with E-state index in [-0.39, 0.29) is 11.8 Å². The first-order chi connectivity index (χ1) is 8.75. The number of nitrogens with zero attached hydrogens (tertiary/aromatic N) is 1. The first kappa shape index (κ1) is 13.3. The Morgan fingerprint density at radius 2 is 2.28 bits per heavy atom. The third-order valence-electron chi connectivity index (χ3n) is 3.40. The summed E-state index contributed by atoms with van der Waals surface area (Å²) in [5, 5.41) is 3.02. The zero-order valence-corrected chi connectivity index (χ0v) is 11.0. The van der Waals surface area contributed by atoms with Crippen LogP contribution in [0.15, 0.2) is 23.8 Å². The summed E-state index contributed by atoms with van der Waals surface area (Å²) in [6, 6.07) is 0. The van der Waals surface area contributed by atoms with Crippen LogP contribution >= 0.6 is 0 Å². The average molecular weight is 250 g/mol. The van der Waals surface area contributed by atoms with Gasteiger partial charge in [0.2, 0.25) is 5.91 Å². The number of carbonyl (C=O) groups is 1. The monoisotopic (exact) mass is 250 g/mol. The van der Waals surface area contributed by atoms with E-state index in [4.69, 9.17) is 4.74 Å². The van der Waals surface area contributed by atoms with Crippen LogP contribution < -0.4 is 5.32 Å². The van der Waals surface area contributed by atoms with Crippen LogP contribution in [0.25, 0.3) is 0 Å². The highest BCUT2D eigenvalue weighted by Gasteiger charge is 2.17. The Hall–Kier alpha value is -1.13. The molecule has 1 fully saturated rings. The van der Waals surface area contributed by atoms with Crippen LogP contribution in [-0.2, 0) is 9.53 Å². The molecule has 0 bridgehead atoms. The molecule has 0 unspecified atom stereocenters. The fraction of sp³-hybridized carbons (Fsp3) is 0.643. The summed E-state index contributed by atoms with van der Waals surface area (Å²) in [4.78, 5) is 14.3. The summed E-state index contributed by atoms with van der Waals surface area (Å²) in [6.07, 6.45) is 7.00. The van der Waals surface area contributed by atoms with Gasteiger partial charge in [-0.2, -0.15) is 0 Å². The average Bonchev–Trinajstić information content (AvgIpc) is 2.40. The number of morpholine rings is 1. The zero-order valence-electron chi connectivity index (χ0n) is 11.0. The second-order valence-corrected chi connectivity index (χ2v) is 4.90. The Morgan fingerprint density at radius 1 is 1.50 bits per heavy atom. The van der Waals surface area contributed by atoms with E-state index < -0.39 is 0 Å². The minimum absolute atomic E-state index is 0.0136. The lowest BCUT2D eigenvalue weighted by Gasteiger charge is -2.26. The topological polar surface area (TPSA) is 41.6 Å². The predicted molar refractivity (Wildman–Crippen MR) is 71.3 cm³/mol. The molecule has 4 heteroatoms. The lowest BCUT2D eigenvalue weighted by molar-refractivity contribution is -0.123. The number of nitrogens with one attached hydrogen (secondary N) is 1. The van der Waals surface area contributed by atoms with Gasteiger partial charge in [-0.15, -0.1) is 0 Å². The van der Waals surface area contributed by atoms with Gasteiger partial charge >= 0.3 is 0 Å². The van der Waals surface area contributed by atoms with Crippen LogP contribution in [0.2, 0.25) is 0 Å². The first-order valence-corrected chi connectivity index (χ1v) is 6.68. The van der Waals surface area contributed by atoms with Crippen LogP contribution in [0, 0.1) is 5.92 Å². The number of hydrogen-bond acceptors (Lipinski definition) is 3. The van der Waals surface area contributed by atoms with E-state index in [0.717, 1.165) is 45.8 Å². The standard InChI is InChI=1S/C14H22N2O2/c1-12-3-2-4-13(11-12)14(17)15-5-6-16-7-9-18-10-8-16/h2-3,11,13H,4-10H2,1H3,(H,15,17)/t13-/m0/s1. The molecule has 1 aliphatic heterocycles. The van der Waals surface area contributed by atoms with Gasteiger partial charge in [0.25, 0.3) is 0 Å². The smallest absolute Gasteiger partial charge is 0.227 e. The molecular weight excluding hydrogens is 228 g/mol. The molecule has 0 aromatic heterocycles. The minimum Gasteiger partial charge on any atom is -0.379 e. The number of amides is 1. The van der Waals surface area contributed by atoms with Crippen molar-refractivity contribution in [1.82, 2.24) is 10.2 Å². The van der Waals surface area contributed by atoms with E-state index in [1.807, 2.05) is 13.0 Å². The Kier molecular flexibility index (Phi) is 4.96. The minimum atomic E-state index is 0.0136. The van der Waals surface area contributed by atoms with Crippen LogP contribution in [0.3, 0.4) is 0 Å². The molecule has 0 saturated carbocycles. The summed E-state index contributed by atoms with van der Waals surface area (Å²) in [6.45, 7) is 7.24. The molecule has 1 aliphatic carbocycles. The van der Waals surface area contributed by atoms with Gasteiger partial charge in [0.05, 0.1) is 19.1 Å². The Morgan fingerprint density at radius 3 is 3.00 bits per heavy atom. The van der Waals surface area contributed by atoms with E-state index in [1.54, 1.807) is 0 Å². The molecule has 1 heterocycles. The number of rotatable bonds is 4. The molecule has 1 N–H and O–H groups in total. The zero-order chi connectivity index (χ0) is 12.8. The molecule has 0 aromatic carbocycles. The molecule has 1 atom stereocenters. The van der Waals surface area contributed by atoms with E-state index in [0.29, 0.717) is 0 Å². The van der Waals surface area contributed by atoms with E-state index in [2.05, 4.69) is 22.4 Å². The normalized spacial score (nSPS) is 24.7. The molecular formula is C14H22N2O2. The maximum absolute atomic E-state index is 12.0. The van der Waals surface area contributed by atoms with Gasteiger partial charge in [0.1, 0.15) is 0 Å².